The molecule has 1 fully saturated rings. The average molecular weight is 316 g/mol. The summed E-state index contributed by atoms with van der Waals surface area (Å²) in [6.07, 6.45) is 3.55. The Bertz CT molecular complexity index is 469. The third kappa shape index (κ3) is 3.50. The van der Waals surface area contributed by atoms with Crippen LogP contribution in [0.15, 0.2) is 0 Å². The molecule has 0 aromatic carbocycles. The van der Waals surface area contributed by atoms with Crippen LogP contribution in [0.3, 0.4) is 0 Å². The Morgan fingerprint density at radius 2 is 2.10 bits per heavy atom. The van der Waals surface area contributed by atoms with Crippen molar-refractivity contribution < 1.29 is 4.79 Å². The lowest BCUT2D eigenvalue weighted by Crippen LogP contribution is -2.32. The molecule has 0 bridgehead atoms. The average Bonchev–Trinajstić information content (AvgIpc) is 3.03. The number of hydrogen-bond acceptors (Lipinski definition) is 4. The van der Waals surface area contributed by atoms with Gasteiger partial charge in [0.1, 0.15) is 4.88 Å². The zero-order valence-corrected chi connectivity index (χ0v) is 13.9. The standard InChI is InChI=1S/C14H22ClN3OS/c1-14(2,3)12-11(20-18-17-12)13(19)16-8-10-6-4-5-9(10)7-15/h9-10H,4-8H2,1-3H3,(H,16,19). The van der Waals surface area contributed by atoms with E-state index in [2.05, 4.69) is 14.9 Å². The van der Waals surface area contributed by atoms with Crippen LogP contribution in [-0.2, 0) is 5.41 Å². The first-order valence-electron chi connectivity index (χ1n) is 7.10. The third-order valence-electron chi connectivity index (χ3n) is 3.94. The van der Waals surface area contributed by atoms with Gasteiger partial charge in [-0.3, -0.25) is 4.79 Å². The van der Waals surface area contributed by atoms with Gasteiger partial charge in [-0.1, -0.05) is 31.7 Å². The highest BCUT2D eigenvalue weighted by molar-refractivity contribution is 7.08. The van der Waals surface area contributed by atoms with Crippen molar-refractivity contribution in [2.45, 2.75) is 45.4 Å². The second-order valence-electron chi connectivity index (χ2n) is 6.52. The zero-order valence-electron chi connectivity index (χ0n) is 12.3. The first-order valence-corrected chi connectivity index (χ1v) is 8.41. The summed E-state index contributed by atoms with van der Waals surface area (Å²) in [4.78, 5) is 12.9. The van der Waals surface area contributed by atoms with Gasteiger partial charge in [-0.2, -0.15) is 0 Å². The second-order valence-corrected chi connectivity index (χ2v) is 7.58. The van der Waals surface area contributed by atoms with Crippen LogP contribution < -0.4 is 5.32 Å². The molecule has 112 valence electrons. The molecule has 1 amide bonds. The quantitative estimate of drug-likeness (QED) is 0.868. The van der Waals surface area contributed by atoms with Crippen molar-refractivity contribution in [1.29, 1.82) is 0 Å². The molecule has 1 N–H and O–H groups in total. The monoisotopic (exact) mass is 315 g/mol. The topological polar surface area (TPSA) is 54.9 Å². The minimum absolute atomic E-state index is 0.0508. The normalized spacial score (nSPS) is 23.0. The minimum Gasteiger partial charge on any atom is -0.351 e. The van der Waals surface area contributed by atoms with Gasteiger partial charge in [-0.15, -0.1) is 16.7 Å². The van der Waals surface area contributed by atoms with E-state index in [9.17, 15) is 4.79 Å². The molecule has 6 heteroatoms. The zero-order chi connectivity index (χ0) is 14.8. The predicted molar refractivity (Wildman–Crippen MR) is 82.5 cm³/mol. The van der Waals surface area contributed by atoms with E-state index in [0.717, 1.165) is 12.1 Å². The molecule has 1 saturated carbocycles. The predicted octanol–water partition coefficient (Wildman–Crippen LogP) is 3.22. The number of carbonyl (C=O) groups is 1. The Kier molecular flexibility index (Phi) is 5.02. The number of hydrogen-bond donors (Lipinski definition) is 1. The number of halogens is 1. The number of rotatable bonds is 4. The van der Waals surface area contributed by atoms with Gasteiger partial charge in [0.2, 0.25) is 0 Å². The lowest BCUT2D eigenvalue weighted by molar-refractivity contribution is 0.0946. The Morgan fingerprint density at radius 3 is 2.75 bits per heavy atom. The third-order valence-corrected chi connectivity index (χ3v) is 5.07. The van der Waals surface area contributed by atoms with Crippen molar-refractivity contribution >= 4 is 29.0 Å². The molecule has 1 aliphatic rings. The van der Waals surface area contributed by atoms with Gasteiger partial charge >= 0.3 is 0 Å². The molecule has 0 spiro atoms. The Morgan fingerprint density at radius 1 is 1.40 bits per heavy atom. The van der Waals surface area contributed by atoms with Crippen LogP contribution in [0.2, 0.25) is 0 Å². The van der Waals surface area contributed by atoms with Gasteiger partial charge in [0, 0.05) is 17.8 Å². The first kappa shape index (κ1) is 15.7. The fourth-order valence-corrected chi connectivity index (χ4v) is 3.92. The summed E-state index contributed by atoms with van der Waals surface area (Å²) in [5, 5.41) is 7.14. The van der Waals surface area contributed by atoms with Crippen LogP contribution in [0, 0.1) is 11.8 Å². The molecule has 1 aliphatic carbocycles. The molecule has 1 aromatic heterocycles. The van der Waals surface area contributed by atoms with E-state index in [1.54, 1.807) is 0 Å². The van der Waals surface area contributed by atoms with Crippen LogP contribution in [0.25, 0.3) is 0 Å². The molecule has 20 heavy (non-hydrogen) atoms. The summed E-state index contributed by atoms with van der Waals surface area (Å²) >= 11 is 7.15. The van der Waals surface area contributed by atoms with E-state index in [1.165, 1.54) is 24.4 Å². The second kappa shape index (κ2) is 6.39. The summed E-state index contributed by atoms with van der Waals surface area (Å²) in [5.74, 6) is 1.69. The number of amides is 1. The number of carbonyl (C=O) groups excluding carboxylic acids is 1. The van der Waals surface area contributed by atoms with E-state index in [1.807, 2.05) is 20.8 Å². The molecule has 1 aromatic rings. The molecule has 0 radical (unpaired) electrons. The molecular formula is C14H22ClN3OS. The van der Waals surface area contributed by atoms with Crippen LogP contribution in [-0.4, -0.2) is 27.9 Å². The van der Waals surface area contributed by atoms with Crippen molar-refractivity contribution in [3.05, 3.63) is 10.6 Å². The van der Waals surface area contributed by atoms with Gasteiger partial charge in [-0.25, -0.2) is 0 Å². The van der Waals surface area contributed by atoms with Gasteiger partial charge in [0.25, 0.3) is 5.91 Å². The minimum atomic E-state index is -0.161. The van der Waals surface area contributed by atoms with E-state index in [-0.39, 0.29) is 11.3 Å². The largest absolute Gasteiger partial charge is 0.351 e. The number of aromatic nitrogens is 2. The van der Waals surface area contributed by atoms with Gasteiger partial charge < -0.3 is 5.32 Å². The maximum atomic E-state index is 12.3. The maximum Gasteiger partial charge on any atom is 0.264 e. The van der Waals surface area contributed by atoms with Crippen LogP contribution >= 0.6 is 23.1 Å². The highest BCUT2D eigenvalue weighted by Crippen LogP contribution is 2.32. The Hall–Kier alpha value is -0.680. The molecule has 0 saturated heterocycles. The Labute approximate surface area is 129 Å². The summed E-state index contributed by atoms with van der Waals surface area (Å²) in [7, 11) is 0. The number of nitrogens with one attached hydrogen (secondary N) is 1. The first-order chi connectivity index (χ1) is 9.43. The highest BCUT2D eigenvalue weighted by atomic mass is 35.5. The lowest BCUT2D eigenvalue weighted by Gasteiger charge is -2.19. The van der Waals surface area contributed by atoms with Crippen molar-refractivity contribution in [3.8, 4) is 0 Å². The molecule has 2 rings (SSSR count). The molecular weight excluding hydrogens is 294 g/mol. The summed E-state index contributed by atoms with van der Waals surface area (Å²) in [6, 6.07) is 0. The number of nitrogens with zero attached hydrogens (tertiary/aromatic N) is 2. The molecule has 0 aliphatic heterocycles. The van der Waals surface area contributed by atoms with Crippen LogP contribution in [0.5, 0.6) is 0 Å². The fourth-order valence-electron chi connectivity index (χ4n) is 2.72. The molecule has 1 heterocycles. The fraction of sp³-hybridized carbons (Fsp3) is 0.786. The summed E-state index contributed by atoms with van der Waals surface area (Å²) < 4.78 is 3.93. The van der Waals surface area contributed by atoms with Crippen LogP contribution in [0.4, 0.5) is 0 Å². The van der Waals surface area contributed by atoms with Crippen molar-refractivity contribution in [3.63, 3.8) is 0 Å². The van der Waals surface area contributed by atoms with Gasteiger partial charge in [0.05, 0.1) is 5.69 Å². The summed E-state index contributed by atoms with van der Waals surface area (Å²) in [6.45, 7) is 6.83. The highest BCUT2D eigenvalue weighted by Gasteiger charge is 2.29. The van der Waals surface area contributed by atoms with E-state index >= 15 is 0 Å². The lowest BCUT2D eigenvalue weighted by atomic mass is 9.91. The van der Waals surface area contributed by atoms with Crippen molar-refractivity contribution in [2.24, 2.45) is 11.8 Å². The molecule has 2 atom stereocenters. The smallest absolute Gasteiger partial charge is 0.264 e. The van der Waals surface area contributed by atoms with E-state index in [4.69, 9.17) is 11.6 Å². The Balaban J connectivity index is 1.97. The number of alkyl halides is 1. The molecule has 2 unspecified atom stereocenters. The van der Waals surface area contributed by atoms with Gasteiger partial charge in [-0.05, 0) is 36.2 Å². The van der Waals surface area contributed by atoms with E-state index < -0.39 is 0 Å². The van der Waals surface area contributed by atoms with Crippen molar-refractivity contribution in [2.75, 3.05) is 12.4 Å². The SMILES string of the molecule is CC(C)(C)c1nnsc1C(=O)NCC1CCCC1CCl. The summed E-state index contributed by atoms with van der Waals surface area (Å²) in [5.41, 5.74) is 0.617. The van der Waals surface area contributed by atoms with Crippen molar-refractivity contribution in [1.82, 2.24) is 14.9 Å². The maximum absolute atomic E-state index is 12.3. The van der Waals surface area contributed by atoms with Crippen LogP contribution in [0.1, 0.15) is 55.4 Å². The molecule has 4 nitrogen and oxygen atoms in total. The van der Waals surface area contributed by atoms with E-state index in [0.29, 0.717) is 29.1 Å². The van der Waals surface area contributed by atoms with Gasteiger partial charge in [0.15, 0.2) is 0 Å².